The highest BCUT2D eigenvalue weighted by Crippen LogP contribution is 2.37. The molecule has 1 aromatic heterocycles. The van der Waals surface area contributed by atoms with Gasteiger partial charge < -0.3 is 15.6 Å². The number of nitrogens with one attached hydrogen (secondary N) is 1. The van der Waals surface area contributed by atoms with Gasteiger partial charge in [0.15, 0.2) is 0 Å². The second kappa shape index (κ2) is 4.67. The lowest BCUT2D eigenvalue weighted by Crippen LogP contribution is -2.34. The summed E-state index contributed by atoms with van der Waals surface area (Å²) in [6, 6.07) is 2.05. The Hall–Kier alpha value is -1.45. The Morgan fingerprint density at radius 2 is 2.33 bits per heavy atom. The molecule has 0 aliphatic heterocycles. The van der Waals surface area contributed by atoms with Crippen molar-refractivity contribution in [2.24, 2.45) is 5.41 Å². The van der Waals surface area contributed by atoms with Crippen molar-refractivity contribution in [3.63, 3.8) is 0 Å². The van der Waals surface area contributed by atoms with Crippen molar-refractivity contribution < 1.29 is 4.79 Å². The minimum Gasteiger partial charge on any atom is -0.397 e. The fourth-order valence-electron chi connectivity index (χ4n) is 2.80. The van der Waals surface area contributed by atoms with Crippen molar-refractivity contribution in [3.8, 4) is 0 Å². The highest BCUT2D eigenvalue weighted by molar-refractivity contribution is 5.94. The summed E-state index contributed by atoms with van der Waals surface area (Å²) in [5, 5.41) is 3.12. The standard InChI is InChI=1S/C14H23N3O/c1-4-17-9-10(15)7-12(17)13(18)16-11-5-6-14(2,3)8-11/h7,9,11H,4-6,8,15H2,1-3H3,(H,16,18). The van der Waals surface area contributed by atoms with Gasteiger partial charge in [0.05, 0.1) is 5.69 Å². The topological polar surface area (TPSA) is 60.0 Å². The van der Waals surface area contributed by atoms with Crippen LogP contribution in [0.15, 0.2) is 12.3 Å². The van der Waals surface area contributed by atoms with E-state index in [2.05, 4.69) is 19.2 Å². The molecule has 3 N–H and O–H groups in total. The number of nitrogens with zero attached hydrogens (tertiary/aromatic N) is 1. The Morgan fingerprint density at radius 3 is 2.89 bits per heavy atom. The van der Waals surface area contributed by atoms with Crippen molar-refractivity contribution in [1.29, 1.82) is 0 Å². The number of carbonyl (C=O) groups excluding carboxylic acids is 1. The molecule has 1 aliphatic rings. The molecule has 18 heavy (non-hydrogen) atoms. The largest absolute Gasteiger partial charge is 0.397 e. The van der Waals surface area contributed by atoms with E-state index in [1.165, 1.54) is 6.42 Å². The summed E-state index contributed by atoms with van der Waals surface area (Å²) < 4.78 is 1.89. The fourth-order valence-corrected chi connectivity index (χ4v) is 2.80. The zero-order valence-electron chi connectivity index (χ0n) is 11.5. The van der Waals surface area contributed by atoms with Crippen LogP contribution in [0.2, 0.25) is 0 Å². The van der Waals surface area contributed by atoms with Gasteiger partial charge in [0, 0.05) is 18.8 Å². The molecular weight excluding hydrogens is 226 g/mol. The molecule has 0 bridgehead atoms. The first-order valence-corrected chi connectivity index (χ1v) is 6.68. The zero-order chi connectivity index (χ0) is 13.3. The summed E-state index contributed by atoms with van der Waals surface area (Å²) in [4.78, 5) is 12.2. The van der Waals surface area contributed by atoms with Gasteiger partial charge in [-0.25, -0.2) is 0 Å². The molecule has 1 aromatic rings. The SMILES string of the molecule is CCn1cc(N)cc1C(=O)NC1CCC(C)(C)C1. The normalized spacial score (nSPS) is 22.1. The maximum Gasteiger partial charge on any atom is 0.268 e. The molecule has 0 spiro atoms. The van der Waals surface area contributed by atoms with E-state index in [9.17, 15) is 4.79 Å². The first kappa shape index (κ1) is 13.0. The Labute approximate surface area is 109 Å². The van der Waals surface area contributed by atoms with E-state index in [1.54, 1.807) is 6.07 Å². The molecular formula is C14H23N3O. The molecule has 0 aromatic carbocycles. The van der Waals surface area contributed by atoms with Gasteiger partial charge in [-0.05, 0) is 37.7 Å². The van der Waals surface area contributed by atoms with Crippen LogP contribution in [0, 0.1) is 5.41 Å². The summed E-state index contributed by atoms with van der Waals surface area (Å²) in [6.07, 6.45) is 5.12. The van der Waals surface area contributed by atoms with Gasteiger partial charge in [0.2, 0.25) is 0 Å². The number of nitrogens with two attached hydrogens (primary N) is 1. The van der Waals surface area contributed by atoms with E-state index in [-0.39, 0.29) is 5.91 Å². The highest BCUT2D eigenvalue weighted by atomic mass is 16.2. The Morgan fingerprint density at radius 1 is 1.61 bits per heavy atom. The van der Waals surface area contributed by atoms with E-state index >= 15 is 0 Å². The molecule has 100 valence electrons. The number of aromatic nitrogens is 1. The van der Waals surface area contributed by atoms with Crippen LogP contribution in [0.5, 0.6) is 0 Å². The number of nitrogen functional groups attached to an aromatic ring is 1. The number of hydrogen-bond donors (Lipinski definition) is 2. The lowest BCUT2D eigenvalue weighted by Gasteiger charge is -2.18. The van der Waals surface area contributed by atoms with E-state index in [0.29, 0.717) is 22.8 Å². The molecule has 1 unspecified atom stereocenters. The average molecular weight is 249 g/mol. The lowest BCUT2D eigenvalue weighted by molar-refractivity contribution is 0.0926. The number of rotatable bonds is 3. The van der Waals surface area contributed by atoms with Crippen molar-refractivity contribution in [1.82, 2.24) is 9.88 Å². The van der Waals surface area contributed by atoms with Crippen molar-refractivity contribution >= 4 is 11.6 Å². The first-order chi connectivity index (χ1) is 8.41. The van der Waals surface area contributed by atoms with Crippen LogP contribution in [0.3, 0.4) is 0 Å². The predicted octanol–water partition coefficient (Wildman–Crippen LogP) is 2.40. The first-order valence-electron chi connectivity index (χ1n) is 6.68. The molecule has 1 atom stereocenters. The average Bonchev–Trinajstić information content (AvgIpc) is 2.81. The Kier molecular flexibility index (Phi) is 3.37. The molecule has 2 rings (SSSR count). The lowest BCUT2D eigenvalue weighted by atomic mass is 9.92. The zero-order valence-corrected chi connectivity index (χ0v) is 11.5. The molecule has 0 radical (unpaired) electrons. The van der Waals surface area contributed by atoms with Gasteiger partial charge in [-0.15, -0.1) is 0 Å². The van der Waals surface area contributed by atoms with Crippen molar-refractivity contribution in [2.75, 3.05) is 5.73 Å². The van der Waals surface area contributed by atoms with Crippen LogP contribution >= 0.6 is 0 Å². The molecule has 1 saturated carbocycles. The van der Waals surface area contributed by atoms with Gasteiger partial charge in [-0.2, -0.15) is 0 Å². The highest BCUT2D eigenvalue weighted by Gasteiger charge is 2.32. The summed E-state index contributed by atoms with van der Waals surface area (Å²) in [5.41, 5.74) is 7.41. The summed E-state index contributed by atoms with van der Waals surface area (Å²) in [6.45, 7) is 7.28. The summed E-state index contributed by atoms with van der Waals surface area (Å²) in [7, 11) is 0. The van der Waals surface area contributed by atoms with Crippen LogP contribution in [0.4, 0.5) is 5.69 Å². The molecule has 1 aliphatic carbocycles. The Balaban J connectivity index is 2.04. The number of anilines is 1. The van der Waals surface area contributed by atoms with Crippen LogP contribution < -0.4 is 11.1 Å². The van der Waals surface area contributed by atoms with Gasteiger partial charge in [0.25, 0.3) is 5.91 Å². The summed E-state index contributed by atoms with van der Waals surface area (Å²) in [5.74, 6) is -0.00347. The third-order valence-corrected chi connectivity index (χ3v) is 3.79. The van der Waals surface area contributed by atoms with E-state index in [0.717, 1.165) is 19.4 Å². The van der Waals surface area contributed by atoms with Gasteiger partial charge in [0.1, 0.15) is 5.69 Å². The van der Waals surface area contributed by atoms with E-state index in [1.807, 2.05) is 17.7 Å². The summed E-state index contributed by atoms with van der Waals surface area (Å²) >= 11 is 0. The second-order valence-corrected chi connectivity index (χ2v) is 6.02. The molecule has 4 heteroatoms. The van der Waals surface area contributed by atoms with Crippen molar-refractivity contribution in [2.45, 2.75) is 52.6 Å². The number of aryl methyl sites for hydroxylation is 1. The quantitative estimate of drug-likeness (QED) is 0.864. The van der Waals surface area contributed by atoms with Gasteiger partial charge in [-0.3, -0.25) is 4.79 Å². The number of carbonyl (C=O) groups is 1. The van der Waals surface area contributed by atoms with E-state index in [4.69, 9.17) is 5.73 Å². The number of amides is 1. The maximum absolute atomic E-state index is 12.2. The van der Waals surface area contributed by atoms with Crippen LogP contribution in [0.25, 0.3) is 0 Å². The fraction of sp³-hybridized carbons (Fsp3) is 0.643. The number of hydrogen-bond acceptors (Lipinski definition) is 2. The van der Waals surface area contributed by atoms with Gasteiger partial charge in [-0.1, -0.05) is 13.8 Å². The third-order valence-electron chi connectivity index (χ3n) is 3.79. The van der Waals surface area contributed by atoms with Gasteiger partial charge >= 0.3 is 0 Å². The Bertz CT molecular complexity index is 448. The maximum atomic E-state index is 12.2. The second-order valence-electron chi connectivity index (χ2n) is 6.02. The molecule has 4 nitrogen and oxygen atoms in total. The molecule has 0 saturated heterocycles. The molecule has 1 fully saturated rings. The monoisotopic (exact) mass is 249 g/mol. The van der Waals surface area contributed by atoms with Crippen molar-refractivity contribution in [3.05, 3.63) is 18.0 Å². The van der Waals surface area contributed by atoms with E-state index < -0.39 is 0 Å². The van der Waals surface area contributed by atoms with Crippen LogP contribution in [0.1, 0.15) is 50.5 Å². The molecule has 1 amide bonds. The van der Waals surface area contributed by atoms with Crippen LogP contribution in [-0.4, -0.2) is 16.5 Å². The third kappa shape index (κ3) is 2.68. The minimum absolute atomic E-state index is 0.00347. The minimum atomic E-state index is -0.00347. The smallest absolute Gasteiger partial charge is 0.268 e. The molecule has 1 heterocycles. The van der Waals surface area contributed by atoms with Crippen LogP contribution in [-0.2, 0) is 6.54 Å². The predicted molar refractivity (Wildman–Crippen MR) is 73.4 cm³/mol.